The van der Waals surface area contributed by atoms with Gasteiger partial charge in [-0.05, 0) is 54.3 Å². The maximum absolute atomic E-state index is 11.5. The van der Waals surface area contributed by atoms with Crippen LogP contribution in [-0.2, 0) is 11.2 Å². The number of hydrogen-bond acceptors (Lipinski definition) is 2. The zero-order chi connectivity index (χ0) is 13.8. The summed E-state index contributed by atoms with van der Waals surface area (Å²) in [6, 6.07) is 13.3. The van der Waals surface area contributed by atoms with Crippen molar-refractivity contribution in [1.82, 2.24) is 0 Å². The number of halogens is 1. The molecule has 0 N–H and O–H groups in total. The molecule has 0 atom stereocenters. The van der Waals surface area contributed by atoms with Crippen LogP contribution in [0.15, 0.2) is 42.5 Å². The number of carbonyl (C=O) groups excluding carboxylic acids is 1. The number of ether oxygens (including phenoxy) is 1. The smallest absolute Gasteiger partial charge is 0.337 e. The lowest BCUT2D eigenvalue weighted by Gasteiger charge is -2.08. The van der Waals surface area contributed by atoms with Crippen LogP contribution in [0.5, 0.6) is 0 Å². The minimum Gasteiger partial charge on any atom is -0.465 e. The third-order valence-corrected chi connectivity index (χ3v) is 3.29. The maximum atomic E-state index is 11.5. The molecule has 0 radical (unpaired) electrons. The summed E-state index contributed by atoms with van der Waals surface area (Å²) in [6.45, 7) is 2.03. The SMILES string of the molecule is COC(=O)c1ccc(C)c(Cc2cccc(Cl)c2)c1. The molecule has 19 heavy (non-hydrogen) atoms. The Balaban J connectivity index is 2.31. The highest BCUT2D eigenvalue weighted by atomic mass is 35.5. The van der Waals surface area contributed by atoms with E-state index < -0.39 is 0 Å². The number of benzene rings is 2. The molecular formula is C16H15ClO2. The third kappa shape index (κ3) is 3.36. The number of rotatable bonds is 3. The second-order valence-corrected chi connectivity index (χ2v) is 4.88. The highest BCUT2D eigenvalue weighted by Gasteiger charge is 2.08. The number of aryl methyl sites for hydroxylation is 1. The Bertz CT molecular complexity index is 605. The third-order valence-electron chi connectivity index (χ3n) is 3.05. The van der Waals surface area contributed by atoms with Crippen molar-refractivity contribution in [2.75, 3.05) is 7.11 Å². The van der Waals surface area contributed by atoms with Crippen LogP contribution in [0, 0.1) is 6.92 Å². The Morgan fingerprint density at radius 2 is 2.00 bits per heavy atom. The van der Waals surface area contributed by atoms with E-state index in [4.69, 9.17) is 16.3 Å². The van der Waals surface area contributed by atoms with Crippen molar-refractivity contribution in [3.8, 4) is 0 Å². The lowest BCUT2D eigenvalue weighted by atomic mass is 9.98. The van der Waals surface area contributed by atoms with Crippen molar-refractivity contribution < 1.29 is 9.53 Å². The quantitative estimate of drug-likeness (QED) is 0.790. The van der Waals surface area contributed by atoms with Crippen molar-refractivity contribution >= 4 is 17.6 Å². The molecule has 0 unspecified atom stereocenters. The first-order chi connectivity index (χ1) is 9.10. The average Bonchev–Trinajstić information content (AvgIpc) is 2.40. The largest absolute Gasteiger partial charge is 0.465 e. The van der Waals surface area contributed by atoms with Crippen LogP contribution in [0.25, 0.3) is 0 Å². The molecule has 0 amide bonds. The minimum atomic E-state index is -0.313. The highest BCUT2D eigenvalue weighted by Crippen LogP contribution is 2.19. The first-order valence-electron chi connectivity index (χ1n) is 6.02. The van der Waals surface area contributed by atoms with Gasteiger partial charge in [0.05, 0.1) is 12.7 Å². The Kier molecular flexibility index (Phi) is 4.23. The number of methoxy groups -OCH3 is 1. The van der Waals surface area contributed by atoms with Gasteiger partial charge in [-0.2, -0.15) is 0 Å². The van der Waals surface area contributed by atoms with E-state index in [0.29, 0.717) is 5.56 Å². The van der Waals surface area contributed by atoms with E-state index in [-0.39, 0.29) is 5.97 Å². The van der Waals surface area contributed by atoms with Crippen LogP contribution in [0.1, 0.15) is 27.0 Å². The van der Waals surface area contributed by atoms with Gasteiger partial charge in [0.2, 0.25) is 0 Å². The second kappa shape index (κ2) is 5.89. The molecule has 0 aliphatic carbocycles. The fourth-order valence-electron chi connectivity index (χ4n) is 1.97. The summed E-state index contributed by atoms with van der Waals surface area (Å²) in [5, 5.41) is 0.722. The van der Waals surface area contributed by atoms with Gasteiger partial charge in [-0.1, -0.05) is 29.8 Å². The normalized spacial score (nSPS) is 10.3. The topological polar surface area (TPSA) is 26.3 Å². The summed E-state index contributed by atoms with van der Waals surface area (Å²) in [7, 11) is 1.39. The number of carbonyl (C=O) groups is 1. The van der Waals surface area contributed by atoms with Crippen LogP contribution in [-0.4, -0.2) is 13.1 Å². The Morgan fingerprint density at radius 3 is 2.68 bits per heavy atom. The van der Waals surface area contributed by atoms with Gasteiger partial charge < -0.3 is 4.74 Å². The van der Waals surface area contributed by atoms with Crippen LogP contribution < -0.4 is 0 Å². The molecule has 98 valence electrons. The monoisotopic (exact) mass is 274 g/mol. The number of esters is 1. The first-order valence-corrected chi connectivity index (χ1v) is 6.40. The molecule has 2 rings (SSSR count). The van der Waals surface area contributed by atoms with Crippen molar-refractivity contribution in [2.45, 2.75) is 13.3 Å². The molecule has 0 heterocycles. The summed E-state index contributed by atoms with van der Waals surface area (Å²) in [6.07, 6.45) is 0.747. The van der Waals surface area contributed by atoms with Gasteiger partial charge in [-0.3, -0.25) is 0 Å². The van der Waals surface area contributed by atoms with Crippen LogP contribution in [0.3, 0.4) is 0 Å². The lowest BCUT2D eigenvalue weighted by molar-refractivity contribution is 0.0600. The summed E-state index contributed by atoms with van der Waals surface area (Å²) < 4.78 is 4.74. The molecular weight excluding hydrogens is 260 g/mol. The first kappa shape index (κ1) is 13.6. The van der Waals surface area contributed by atoms with Crippen LogP contribution in [0.4, 0.5) is 0 Å². The molecule has 0 fully saturated rings. The zero-order valence-electron chi connectivity index (χ0n) is 10.9. The lowest BCUT2D eigenvalue weighted by Crippen LogP contribution is -2.03. The van der Waals surface area contributed by atoms with E-state index in [1.54, 1.807) is 6.07 Å². The van der Waals surface area contributed by atoms with Crippen LogP contribution >= 0.6 is 11.6 Å². The molecule has 0 saturated carbocycles. The fraction of sp³-hybridized carbons (Fsp3) is 0.188. The number of hydrogen-bond donors (Lipinski definition) is 0. The van der Waals surface area contributed by atoms with E-state index in [2.05, 4.69) is 0 Å². The molecule has 0 aromatic heterocycles. The second-order valence-electron chi connectivity index (χ2n) is 4.44. The van der Waals surface area contributed by atoms with E-state index in [0.717, 1.165) is 28.1 Å². The Labute approximate surface area is 118 Å². The van der Waals surface area contributed by atoms with Gasteiger partial charge in [-0.25, -0.2) is 4.79 Å². The van der Waals surface area contributed by atoms with Gasteiger partial charge in [0, 0.05) is 5.02 Å². The molecule has 3 heteroatoms. The average molecular weight is 275 g/mol. The molecule has 0 spiro atoms. The molecule has 0 saturated heterocycles. The van der Waals surface area contributed by atoms with E-state index in [9.17, 15) is 4.79 Å². The van der Waals surface area contributed by atoms with Gasteiger partial charge >= 0.3 is 5.97 Å². The minimum absolute atomic E-state index is 0.313. The van der Waals surface area contributed by atoms with Gasteiger partial charge in [0.1, 0.15) is 0 Å². The van der Waals surface area contributed by atoms with Gasteiger partial charge in [0.25, 0.3) is 0 Å². The fourth-order valence-corrected chi connectivity index (χ4v) is 2.19. The van der Waals surface area contributed by atoms with Crippen molar-refractivity contribution in [3.05, 3.63) is 69.7 Å². The standard InChI is InChI=1S/C16H15ClO2/c1-11-6-7-13(16(18)19-2)10-14(11)8-12-4-3-5-15(17)9-12/h3-7,9-10H,8H2,1-2H3. The summed E-state index contributed by atoms with van der Waals surface area (Å²) in [5.74, 6) is -0.313. The maximum Gasteiger partial charge on any atom is 0.337 e. The van der Waals surface area contributed by atoms with E-state index in [1.165, 1.54) is 7.11 Å². The highest BCUT2D eigenvalue weighted by molar-refractivity contribution is 6.30. The zero-order valence-corrected chi connectivity index (χ0v) is 11.7. The van der Waals surface area contributed by atoms with E-state index in [1.807, 2.05) is 43.3 Å². The molecule has 0 aliphatic heterocycles. The molecule has 0 aliphatic rings. The van der Waals surface area contributed by atoms with Crippen molar-refractivity contribution in [2.24, 2.45) is 0 Å². The van der Waals surface area contributed by atoms with Gasteiger partial charge in [0.15, 0.2) is 0 Å². The Morgan fingerprint density at radius 1 is 1.21 bits per heavy atom. The molecule has 2 aromatic rings. The van der Waals surface area contributed by atoms with Gasteiger partial charge in [-0.15, -0.1) is 0 Å². The predicted molar refractivity (Wildman–Crippen MR) is 76.8 cm³/mol. The summed E-state index contributed by atoms with van der Waals surface area (Å²) >= 11 is 5.98. The summed E-state index contributed by atoms with van der Waals surface area (Å²) in [5.41, 5.74) is 3.94. The molecule has 0 bridgehead atoms. The van der Waals surface area contributed by atoms with Crippen molar-refractivity contribution in [1.29, 1.82) is 0 Å². The molecule has 2 nitrogen and oxygen atoms in total. The van der Waals surface area contributed by atoms with E-state index >= 15 is 0 Å². The molecule has 2 aromatic carbocycles. The summed E-state index contributed by atoms with van der Waals surface area (Å²) in [4.78, 5) is 11.5. The predicted octanol–water partition coefficient (Wildman–Crippen LogP) is 4.03. The Hall–Kier alpha value is -1.80. The van der Waals surface area contributed by atoms with Crippen LogP contribution in [0.2, 0.25) is 5.02 Å². The van der Waals surface area contributed by atoms with Crippen molar-refractivity contribution in [3.63, 3.8) is 0 Å².